The van der Waals surface area contributed by atoms with E-state index in [0.717, 1.165) is 5.75 Å². The van der Waals surface area contributed by atoms with E-state index >= 15 is 0 Å². The zero-order valence-electron chi connectivity index (χ0n) is 4.76. The Morgan fingerprint density at radius 2 is 2.62 bits per heavy atom. The van der Waals surface area contributed by atoms with Gasteiger partial charge in [0.1, 0.15) is 5.78 Å². The number of rotatable bonds is 1. The average molecular weight is 128 g/mol. The molecule has 0 saturated carbocycles. The minimum atomic E-state index is 0.162. The van der Waals surface area contributed by atoms with Crippen LogP contribution in [0.4, 0.5) is 0 Å². The van der Waals surface area contributed by atoms with E-state index in [2.05, 4.69) is 0 Å². The lowest BCUT2D eigenvalue weighted by Crippen LogP contribution is -2.06. The van der Waals surface area contributed by atoms with Gasteiger partial charge in [0.2, 0.25) is 0 Å². The highest BCUT2D eigenvalue weighted by molar-refractivity contribution is 8.01. The van der Waals surface area contributed by atoms with Crippen molar-refractivity contribution in [2.24, 2.45) is 0 Å². The molecule has 1 aliphatic rings. The van der Waals surface area contributed by atoms with E-state index in [1.807, 2.05) is 12.2 Å². The molecule has 1 nitrogen and oxygen atoms in total. The van der Waals surface area contributed by atoms with Crippen molar-refractivity contribution < 1.29 is 4.79 Å². The standard InChI is InChI=1S/C6H8OS/c1-5(7)6-3-2-4-8-6/h2-3,6H,4H2,1H3. The molecule has 1 atom stereocenters. The minimum absolute atomic E-state index is 0.162. The maximum absolute atomic E-state index is 10.6. The van der Waals surface area contributed by atoms with Gasteiger partial charge in [0.25, 0.3) is 0 Å². The van der Waals surface area contributed by atoms with Crippen LogP contribution >= 0.6 is 11.8 Å². The third kappa shape index (κ3) is 1.13. The number of Topliss-reactive ketones (excluding diaryl/α,β-unsaturated/α-hetero) is 1. The van der Waals surface area contributed by atoms with Crippen LogP contribution in [-0.4, -0.2) is 16.8 Å². The zero-order chi connectivity index (χ0) is 5.98. The van der Waals surface area contributed by atoms with Gasteiger partial charge in [-0.2, -0.15) is 0 Å². The first-order chi connectivity index (χ1) is 3.80. The summed E-state index contributed by atoms with van der Waals surface area (Å²) < 4.78 is 0. The van der Waals surface area contributed by atoms with Gasteiger partial charge in [-0.25, -0.2) is 0 Å². The second kappa shape index (κ2) is 2.35. The van der Waals surface area contributed by atoms with E-state index < -0.39 is 0 Å². The van der Waals surface area contributed by atoms with Gasteiger partial charge in [0.15, 0.2) is 0 Å². The Balaban J connectivity index is 2.48. The van der Waals surface area contributed by atoms with Crippen LogP contribution in [0.5, 0.6) is 0 Å². The molecule has 1 heterocycles. The molecular formula is C6H8OS. The van der Waals surface area contributed by atoms with Crippen molar-refractivity contribution >= 4 is 17.5 Å². The molecule has 0 aromatic carbocycles. The van der Waals surface area contributed by atoms with E-state index in [1.54, 1.807) is 18.7 Å². The Kier molecular flexibility index (Phi) is 1.73. The van der Waals surface area contributed by atoms with Gasteiger partial charge in [0, 0.05) is 5.75 Å². The van der Waals surface area contributed by atoms with Gasteiger partial charge in [-0.15, -0.1) is 11.8 Å². The fourth-order valence-electron chi connectivity index (χ4n) is 0.647. The summed E-state index contributed by atoms with van der Waals surface area (Å²) in [5.74, 6) is 1.27. The van der Waals surface area contributed by atoms with Gasteiger partial charge < -0.3 is 0 Å². The van der Waals surface area contributed by atoms with E-state index in [0.29, 0.717) is 0 Å². The van der Waals surface area contributed by atoms with Crippen LogP contribution in [0.25, 0.3) is 0 Å². The van der Waals surface area contributed by atoms with Gasteiger partial charge in [-0.3, -0.25) is 4.79 Å². The first-order valence-electron chi connectivity index (χ1n) is 2.59. The molecule has 44 valence electrons. The molecule has 0 radical (unpaired) electrons. The molecular weight excluding hydrogens is 120 g/mol. The summed E-state index contributed by atoms with van der Waals surface area (Å²) in [5, 5.41) is 0.162. The number of carbonyl (C=O) groups excluding carboxylic acids is 1. The summed E-state index contributed by atoms with van der Waals surface area (Å²) in [6, 6.07) is 0. The highest BCUT2D eigenvalue weighted by Gasteiger charge is 2.12. The lowest BCUT2D eigenvalue weighted by Gasteiger charge is -1.97. The Hall–Kier alpha value is -0.240. The lowest BCUT2D eigenvalue weighted by molar-refractivity contribution is -0.115. The molecule has 0 amide bonds. The zero-order valence-corrected chi connectivity index (χ0v) is 5.57. The summed E-state index contributed by atoms with van der Waals surface area (Å²) in [7, 11) is 0. The molecule has 0 aromatic heterocycles. The van der Waals surface area contributed by atoms with Crippen molar-refractivity contribution in [1.82, 2.24) is 0 Å². The number of thioether (sulfide) groups is 1. The summed E-state index contributed by atoms with van der Waals surface area (Å²) in [6.45, 7) is 1.63. The molecule has 0 aromatic rings. The maximum Gasteiger partial charge on any atom is 0.146 e. The Morgan fingerprint density at radius 3 is 2.88 bits per heavy atom. The van der Waals surface area contributed by atoms with Crippen LogP contribution < -0.4 is 0 Å². The largest absolute Gasteiger partial charge is 0.298 e. The van der Waals surface area contributed by atoms with Crippen molar-refractivity contribution in [3.63, 3.8) is 0 Å². The lowest BCUT2D eigenvalue weighted by atomic mass is 10.3. The van der Waals surface area contributed by atoms with E-state index in [1.165, 1.54) is 0 Å². The number of carbonyl (C=O) groups is 1. The number of ketones is 1. The highest BCUT2D eigenvalue weighted by atomic mass is 32.2. The van der Waals surface area contributed by atoms with Crippen LogP contribution in [0.1, 0.15) is 6.92 Å². The highest BCUT2D eigenvalue weighted by Crippen LogP contribution is 2.19. The van der Waals surface area contributed by atoms with Crippen molar-refractivity contribution in [2.75, 3.05) is 5.75 Å². The molecule has 0 saturated heterocycles. The first kappa shape index (κ1) is 5.89. The smallest absolute Gasteiger partial charge is 0.146 e. The molecule has 2 heteroatoms. The SMILES string of the molecule is CC(=O)C1C=CCS1. The fraction of sp³-hybridized carbons (Fsp3) is 0.500. The third-order valence-electron chi connectivity index (χ3n) is 1.08. The number of hydrogen-bond donors (Lipinski definition) is 0. The van der Waals surface area contributed by atoms with Gasteiger partial charge in [-0.05, 0) is 6.92 Å². The molecule has 8 heavy (non-hydrogen) atoms. The second-order valence-corrected chi connectivity index (χ2v) is 2.97. The molecule has 0 aliphatic carbocycles. The summed E-state index contributed by atoms with van der Waals surface area (Å²) in [5.41, 5.74) is 0. The molecule has 0 fully saturated rings. The van der Waals surface area contributed by atoms with Crippen LogP contribution in [0.15, 0.2) is 12.2 Å². The summed E-state index contributed by atoms with van der Waals surface area (Å²) in [6.07, 6.45) is 4.00. The number of hydrogen-bond acceptors (Lipinski definition) is 2. The van der Waals surface area contributed by atoms with Gasteiger partial charge >= 0.3 is 0 Å². The van der Waals surface area contributed by atoms with E-state index in [4.69, 9.17) is 0 Å². The summed E-state index contributed by atoms with van der Waals surface area (Å²) in [4.78, 5) is 10.6. The average Bonchev–Trinajstić information content (AvgIpc) is 2.12. The van der Waals surface area contributed by atoms with E-state index in [-0.39, 0.29) is 11.0 Å². The van der Waals surface area contributed by atoms with Gasteiger partial charge in [0.05, 0.1) is 5.25 Å². The molecule has 0 bridgehead atoms. The second-order valence-electron chi connectivity index (χ2n) is 1.79. The Labute approximate surface area is 53.2 Å². The Bertz CT molecular complexity index is 128. The molecule has 1 unspecified atom stereocenters. The quantitative estimate of drug-likeness (QED) is 0.494. The fourth-order valence-corrected chi connectivity index (χ4v) is 1.53. The van der Waals surface area contributed by atoms with Crippen molar-refractivity contribution in [3.05, 3.63) is 12.2 Å². The summed E-state index contributed by atoms with van der Waals surface area (Å²) >= 11 is 1.69. The van der Waals surface area contributed by atoms with Crippen molar-refractivity contribution in [2.45, 2.75) is 12.2 Å². The molecule has 0 N–H and O–H groups in total. The normalized spacial score (nSPS) is 26.4. The molecule has 1 aliphatic heterocycles. The maximum atomic E-state index is 10.6. The Morgan fingerprint density at radius 1 is 1.88 bits per heavy atom. The molecule has 1 rings (SSSR count). The van der Waals surface area contributed by atoms with Crippen LogP contribution in [0.3, 0.4) is 0 Å². The van der Waals surface area contributed by atoms with Crippen LogP contribution in [0, 0.1) is 0 Å². The molecule has 0 spiro atoms. The van der Waals surface area contributed by atoms with E-state index in [9.17, 15) is 4.79 Å². The van der Waals surface area contributed by atoms with Gasteiger partial charge in [-0.1, -0.05) is 12.2 Å². The monoisotopic (exact) mass is 128 g/mol. The van der Waals surface area contributed by atoms with Crippen molar-refractivity contribution in [1.29, 1.82) is 0 Å². The van der Waals surface area contributed by atoms with Crippen LogP contribution in [-0.2, 0) is 4.79 Å². The predicted molar refractivity (Wildman–Crippen MR) is 36.1 cm³/mol. The first-order valence-corrected chi connectivity index (χ1v) is 3.64. The van der Waals surface area contributed by atoms with Crippen molar-refractivity contribution in [3.8, 4) is 0 Å². The van der Waals surface area contributed by atoms with Crippen LogP contribution in [0.2, 0.25) is 0 Å². The third-order valence-corrected chi connectivity index (χ3v) is 2.32. The predicted octanol–water partition coefficient (Wildman–Crippen LogP) is 1.25. The minimum Gasteiger partial charge on any atom is -0.298 e. The topological polar surface area (TPSA) is 17.1 Å².